The third kappa shape index (κ3) is 5.42. The van der Waals surface area contributed by atoms with Crippen LogP contribution >= 0.6 is 0 Å². The van der Waals surface area contributed by atoms with Crippen molar-refractivity contribution in [1.82, 2.24) is 15.0 Å². The van der Waals surface area contributed by atoms with Crippen LogP contribution in [0.15, 0.2) is 12.4 Å². The highest BCUT2D eigenvalue weighted by Crippen LogP contribution is 2.41. The second-order valence-corrected chi connectivity index (χ2v) is 9.18. The van der Waals surface area contributed by atoms with Gasteiger partial charge in [-0.05, 0) is 45.4 Å². The van der Waals surface area contributed by atoms with E-state index in [2.05, 4.69) is 15.3 Å². The monoisotopic (exact) mass is 430 g/mol. The summed E-state index contributed by atoms with van der Waals surface area (Å²) in [5.74, 6) is 1.47. The number of ether oxygens (including phenoxy) is 3. The number of anilines is 1. The van der Waals surface area contributed by atoms with E-state index in [1.54, 1.807) is 7.11 Å². The smallest absolute Gasteiger partial charge is 0.224 e. The fourth-order valence-electron chi connectivity index (χ4n) is 4.49. The molecular formula is C23H34N4O4. The Hall–Kier alpha value is -2.03. The summed E-state index contributed by atoms with van der Waals surface area (Å²) >= 11 is 0. The highest BCUT2D eigenvalue weighted by Gasteiger charge is 2.31. The van der Waals surface area contributed by atoms with Crippen LogP contribution in [0.2, 0.25) is 0 Å². The number of aliphatic hydroxyl groups is 1. The maximum absolute atomic E-state index is 10.4. The lowest BCUT2D eigenvalue weighted by Gasteiger charge is -2.33. The van der Waals surface area contributed by atoms with Crippen molar-refractivity contribution < 1.29 is 19.3 Å². The van der Waals surface area contributed by atoms with Crippen molar-refractivity contribution in [2.24, 2.45) is 0 Å². The molecule has 4 rings (SSSR count). The molecule has 0 spiro atoms. The van der Waals surface area contributed by atoms with Gasteiger partial charge < -0.3 is 24.6 Å². The Morgan fingerprint density at radius 3 is 2.65 bits per heavy atom. The van der Waals surface area contributed by atoms with Crippen molar-refractivity contribution in [3.8, 4) is 5.88 Å². The first-order valence-electron chi connectivity index (χ1n) is 11.3. The summed E-state index contributed by atoms with van der Waals surface area (Å²) in [4.78, 5) is 14.1. The predicted octanol–water partition coefficient (Wildman–Crippen LogP) is 3.44. The fourth-order valence-corrected chi connectivity index (χ4v) is 4.49. The molecule has 0 unspecified atom stereocenters. The molecular weight excluding hydrogens is 396 g/mol. The lowest BCUT2D eigenvalue weighted by molar-refractivity contribution is 0.0171. The first kappa shape index (κ1) is 22.2. The number of aromatic nitrogens is 3. The van der Waals surface area contributed by atoms with Gasteiger partial charge in [0.1, 0.15) is 6.10 Å². The molecule has 1 saturated carbocycles. The second kappa shape index (κ2) is 9.63. The molecule has 1 atom stereocenters. The van der Waals surface area contributed by atoms with Crippen LogP contribution in [-0.2, 0) is 9.47 Å². The molecule has 0 aromatic carbocycles. The van der Waals surface area contributed by atoms with Crippen LogP contribution < -0.4 is 10.1 Å². The number of hydrogen-bond donors (Lipinski definition) is 2. The SMILES string of the molecule is COC[C@H](C)Nc1ncc2c(OC3CCOCC3)ncc(C3CCC(C)(O)CC3)c2n1. The summed E-state index contributed by atoms with van der Waals surface area (Å²) in [6.07, 6.45) is 8.93. The van der Waals surface area contributed by atoms with Gasteiger partial charge in [-0.2, -0.15) is 0 Å². The van der Waals surface area contributed by atoms with Gasteiger partial charge in [0.2, 0.25) is 11.8 Å². The number of fused-ring (bicyclic) bond motifs is 1. The fraction of sp³-hybridized carbons (Fsp3) is 0.696. The summed E-state index contributed by atoms with van der Waals surface area (Å²) in [5, 5.41) is 14.5. The Kier molecular flexibility index (Phi) is 6.89. The van der Waals surface area contributed by atoms with Crippen LogP contribution in [0.4, 0.5) is 5.95 Å². The zero-order valence-corrected chi connectivity index (χ0v) is 18.8. The highest BCUT2D eigenvalue weighted by atomic mass is 16.5. The number of nitrogens with zero attached hydrogens (tertiary/aromatic N) is 3. The van der Waals surface area contributed by atoms with Crippen LogP contribution in [0.25, 0.3) is 10.9 Å². The van der Waals surface area contributed by atoms with Gasteiger partial charge in [-0.15, -0.1) is 0 Å². The molecule has 8 nitrogen and oxygen atoms in total. The topological polar surface area (TPSA) is 98.6 Å². The largest absolute Gasteiger partial charge is 0.474 e. The van der Waals surface area contributed by atoms with Gasteiger partial charge in [-0.1, -0.05) is 0 Å². The molecule has 170 valence electrons. The maximum atomic E-state index is 10.4. The Labute approximate surface area is 183 Å². The van der Waals surface area contributed by atoms with Crippen molar-refractivity contribution in [1.29, 1.82) is 0 Å². The van der Waals surface area contributed by atoms with Crippen LogP contribution in [0.3, 0.4) is 0 Å². The van der Waals surface area contributed by atoms with E-state index in [9.17, 15) is 5.11 Å². The van der Waals surface area contributed by atoms with E-state index in [1.807, 2.05) is 26.2 Å². The van der Waals surface area contributed by atoms with Crippen LogP contribution in [0.1, 0.15) is 63.9 Å². The molecule has 1 saturated heterocycles. The standard InChI is InChI=1S/C23H34N4O4/c1-15(14-29-3)26-22-25-13-19-20(27-22)18(16-4-8-23(2,28)9-5-16)12-24-21(19)31-17-6-10-30-11-7-17/h12-13,15-17,28H,4-11,14H2,1-3H3,(H,25,26,27)/t15-,16?,23?/m0/s1. The summed E-state index contributed by atoms with van der Waals surface area (Å²) in [6.45, 7) is 5.95. The third-order valence-corrected chi connectivity index (χ3v) is 6.35. The average Bonchev–Trinajstić information content (AvgIpc) is 2.75. The van der Waals surface area contributed by atoms with Gasteiger partial charge in [0.15, 0.2) is 0 Å². The number of rotatable bonds is 7. The summed E-state index contributed by atoms with van der Waals surface area (Å²) in [7, 11) is 1.68. The zero-order chi connectivity index (χ0) is 21.8. The van der Waals surface area contributed by atoms with E-state index in [0.29, 0.717) is 37.6 Å². The van der Waals surface area contributed by atoms with Gasteiger partial charge in [-0.3, -0.25) is 0 Å². The zero-order valence-electron chi connectivity index (χ0n) is 18.8. The summed E-state index contributed by atoms with van der Waals surface area (Å²) in [5.41, 5.74) is 1.41. The minimum Gasteiger partial charge on any atom is -0.474 e. The average molecular weight is 431 g/mol. The van der Waals surface area contributed by atoms with E-state index < -0.39 is 5.60 Å². The van der Waals surface area contributed by atoms with Gasteiger partial charge in [-0.25, -0.2) is 15.0 Å². The molecule has 3 heterocycles. The summed E-state index contributed by atoms with van der Waals surface area (Å²) < 4.78 is 16.9. The molecule has 31 heavy (non-hydrogen) atoms. The first-order chi connectivity index (χ1) is 14.9. The number of nitrogens with one attached hydrogen (secondary N) is 1. The van der Waals surface area contributed by atoms with Gasteiger partial charge in [0, 0.05) is 44.0 Å². The quantitative estimate of drug-likeness (QED) is 0.689. The Morgan fingerprint density at radius 1 is 1.19 bits per heavy atom. The lowest BCUT2D eigenvalue weighted by atomic mass is 9.77. The summed E-state index contributed by atoms with van der Waals surface area (Å²) in [6, 6.07) is 0.0930. The molecule has 2 aromatic rings. The Balaban J connectivity index is 1.67. The third-order valence-electron chi connectivity index (χ3n) is 6.35. The van der Waals surface area contributed by atoms with Crippen molar-refractivity contribution >= 4 is 16.9 Å². The first-order valence-corrected chi connectivity index (χ1v) is 11.3. The van der Waals surface area contributed by atoms with Crippen molar-refractivity contribution in [2.75, 3.05) is 32.2 Å². The van der Waals surface area contributed by atoms with Crippen molar-refractivity contribution in [3.05, 3.63) is 18.0 Å². The van der Waals surface area contributed by atoms with Crippen molar-refractivity contribution in [2.45, 2.75) is 76.0 Å². The number of pyridine rings is 1. The highest BCUT2D eigenvalue weighted by molar-refractivity contribution is 5.86. The number of hydrogen-bond acceptors (Lipinski definition) is 8. The lowest BCUT2D eigenvalue weighted by Crippen LogP contribution is -2.30. The van der Waals surface area contributed by atoms with Crippen LogP contribution in [0, 0.1) is 0 Å². The minimum absolute atomic E-state index is 0.0930. The van der Waals surface area contributed by atoms with Gasteiger partial charge >= 0.3 is 0 Å². The normalized spacial score (nSPS) is 26.0. The molecule has 0 amide bonds. The molecule has 2 fully saturated rings. The molecule has 2 N–H and O–H groups in total. The molecule has 1 aliphatic heterocycles. The van der Waals surface area contributed by atoms with E-state index in [1.165, 1.54) is 0 Å². The molecule has 2 aliphatic rings. The molecule has 0 radical (unpaired) electrons. The Morgan fingerprint density at radius 2 is 1.94 bits per heavy atom. The van der Waals surface area contributed by atoms with E-state index in [-0.39, 0.29) is 12.1 Å². The number of methoxy groups -OCH3 is 1. The second-order valence-electron chi connectivity index (χ2n) is 9.18. The van der Waals surface area contributed by atoms with Crippen LogP contribution in [0.5, 0.6) is 5.88 Å². The van der Waals surface area contributed by atoms with Crippen molar-refractivity contribution in [3.63, 3.8) is 0 Å². The van der Waals surface area contributed by atoms with Crippen LogP contribution in [-0.4, -0.2) is 64.7 Å². The van der Waals surface area contributed by atoms with E-state index in [0.717, 1.165) is 55.0 Å². The minimum atomic E-state index is -0.580. The Bertz CT molecular complexity index is 875. The maximum Gasteiger partial charge on any atom is 0.224 e. The predicted molar refractivity (Wildman–Crippen MR) is 119 cm³/mol. The van der Waals surface area contributed by atoms with Gasteiger partial charge in [0.25, 0.3) is 0 Å². The van der Waals surface area contributed by atoms with E-state index >= 15 is 0 Å². The molecule has 2 aromatic heterocycles. The van der Waals surface area contributed by atoms with E-state index in [4.69, 9.17) is 19.2 Å². The molecule has 0 bridgehead atoms. The molecule has 1 aliphatic carbocycles. The molecule has 8 heteroatoms. The van der Waals surface area contributed by atoms with Gasteiger partial charge in [0.05, 0.1) is 36.3 Å².